The Balaban J connectivity index is 1.37. The molecular weight excluding hydrogens is 372 g/mol. The molecular formula is C21H28N4O4. The number of ether oxygens (including phenoxy) is 1. The first kappa shape index (κ1) is 20.0. The molecule has 0 aliphatic carbocycles. The molecule has 1 atom stereocenters. The molecule has 0 spiro atoms. The van der Waals surface area contributed by atoms with E-state index in [0.29, 0.717) is 37.8 Å². The topological polar surface area (TPSA) is 105 Å². The number of imide groups is 1. The molecule has 3 heterocycles. The molecule has 1 unspecified atom stereocenters. The van der Waals surface area contributed by atoms with Crippen molar-refractivity contribution < 1.29 is 19.1 Å². The monoisotopic (exact) mass is 400 g/mol. The number of fused-ring (bicyclic) bond motifs is 1. The quantitative estimate of drug-likeness (QED) is 0.670. The fourth-order valence-corrected chi connectivity index (χ4v) is 4.43. The van der Waals surface area contributed by atoms with E-state index < -0.39 is 6.04 Å². The second-order valence-corrected chi connectivity index (χ2v) is 8.03. The summed E-state index contributed by atoms with van der Waals surface area (Å²) in [5.74, 6) is -0.762. The molecule has 29 heavy (non-hydrogen) atoms. The Bertz CT molecular complexity index is 804. The predicted molar refractivity (Wildman–Crippen MR) is 106 cm³/mol. The third kappa shape index (κ3) is 4.34. The number of rotatable bonds is 6. The van der Waals surface area contributed by atoms with E-state index in [0.717, 1.165) is 43.6 Å². The Hall–Kier alpha value is -2.29. The van der Waals surface area contributed by atoms with Crippen LogP contribution in [0.15, 0.2) is 18.2 Å². The van der Waals surface area contributed by atoms with Crippen LogP contribution in [0.3, 0.4) is 0 Å². The number of piperidine rings is 2. The Kier molecular flexibility index (Phi) is 5.94. The van der Waals surface area contributed by atoms with Gasteiger partial charge < -0.3 is 15.4 Å². The minimum absolute atomic E-state index is 0.120. The third-order valence-electron chi connectivity index (χ3n) is 6.00. The van der Waals surface area contributed by atoms with E-state index >= 15 is 0 Å². The number of carbonyl (C=O) groups is 3. The number of carbonyl (C=O) groups excluding carboxylic acids is 3. The van der Waals surface area contributed by atoms with Crippen LogP contribution in [0.25, 0.3) is 0 Å². The Morgan fingerprint density at radius 3 is 2.66 bits per heavy atom. The summed E-state index contributed by atoms with van der Waals surface area (Å²) in [6, 6.07) is 5.45. The molecule has 3 aliphatic heterocycles. The molecule has 3 aliphatic rings. The van der Waals surface area contributed by atoms with E-state index in [-0.39, 0.29) is 24.1 Å². The summed E-state index contributed by atoms with van der Waals surface area (Å²) in [6.07, 6.45) is 2.93. The Morgan fingerprint density at radius 1 is 1.14 bits per heavy atom. The molecule has 0 saturated carbocycles. The maximum absolute atomic E-state index is 12.9. The van der Waals surface area contributed by atoms with Gasteiger partial charge in [0.1, 0.15) is 6.04 Å². The molecule has 4 rings (SSSR count). The van der Waals surface area contributed by atoms with Gasteiger partial charge in [-0.25, -0.2) is 0 Å². The number of amides is 3. The zero-order chi connectivity index (χ0) is 20.4. The first-order chi connectivity index (χ1) is 14.0. The highest BCUT2D eigenvalue weighted by Crippen LogP contribution is 2.29. The normalized spacial score (nSPS) is 23.4. The fourth-order valence-electron chi connectivity index (χ4n) is 4.43. The van der Waals surface area contributed by atoms with Crippen LogP contribution in [-0.2, 0) is 27.4 Å². The molecule has 2 fully saturated rings. The molecule has 1 aromatic rings. The van der Waals surface area contributed by atoms with Gasteiger partial charge in [0.2, 0.25) is 11.8 Å². The first-order valence-electron chi connectivity index (χ1n) is 10.4. The van der Waals surface area contributed by atoms with E-state index in [4.69, 9.17) is 10.5 Å². The molecule has 156 valence electrons. The highest BCUT2D eigenvalue weighted by molar-refractivity contribution is 6.05. The lowest BCUT2D eigenvalue weighted by atomic mass is 10.0. The Labute approximate surface area is 170 Å². The fraction of sp³-hybridized carbons (Fsp3) is 0.571. The maximum Gasteiger partial charge on any atom is 0.255 e. The number of hydrogen-bond acceptors (Lipinski definition) is 6. The van der Waals surface area contributed by atoms with Crippen LogP contribution in [0.5, 0.6) is 0 Å². The van der Waals surface area contributed by atoms with Crippen LogP contribution in [0.2, 0.25) is 0 Å². The summed E-state index contributed by atoms with van der Waals surface area (Å²) in [4.78, 5) is 40.4. The number of nitrogens with one attached hydrogen (secondary N) is 1. The van der Waals surface area contributed by atoms with Crippen molar-refractivity contribution >= 4 is 17.7 Å². The number of likely N-dealkylation sites (tertiary alicyclic amines) is 1. The number of benzene rings is 1. The van der Waals surface area contributed by atoms with Gasteiger partial charge in [-0.15, -0.1) is 0 Å². The first-order valence-corrected chi connectivity index (χ1v) is 10.4. The van der Waals surface area contributed by atoms with Crippen LogP contribution in [0.4, 0.5) is 0 Å². The molecule has 8 nitrogen and oxygen atoms in total. The highest BCUT2D eigenvalue weighted by atomic mass is 16.5. The average Bonchev–Trinajstić information content (AvgIpc) is 3.03. The van der Waals surface area contributed by atoms with Crippen molar-refractivity contribution in [2.45, 2.75) is 50.9 Å². The molecule has 0 aromatic heterocycles. The maximum atomic E-state index is 12.9. The molecule has 3 N–H and O–H groups in total. The van der Waals surface area contributed by atoms with Crippen molar-refractivity contribution in [2.24, 2.45) is 5.73 Å². The third-order valence-corrected chi connectivity index (χ3v) is 6.00. The minimum atomic E-state index is -0.566. The van der Waals surface area contributed by atoms with Crippen molar-refractivity contribution in [1.82, 2.24) is 15.1 Å². The van der Waals surface area contributed by atoms with Gasteiger partial charge in [-0.05, 0) is 36.5 Å². The average molecular weight is 400 g/mol. The van der Waals surface area contributed by atoms with E-state index in [1.165, 1.54) is 0 Å². The van der Waals surface area contributed by atoms with Crippen LogP contribution in [-0.4, -0.2) is 65.9 Å². The van der Waals surface area contributed by atoms with Gasteiger partial charge in [0.15, 0.2) is 0 Å². The number of hydrogen-bond donors (Lipinski definition) is 2. The molecule has 3 amide bonds. The minimum Gasteiger partial charge on any atom is -0.377 e. The molecule has 2 saturated heterocycles. The summed E-state index contributed by atoms with van der Waals surface area (Å²) in [5.41, 5.74) is 8.22. The van der Waals surface area contributed by atoms with E-state index in [1.807, 2.05) is 12.1 Å². The van der Waals surface area contributed by atoms with E-state index in [9.17, 15) is 14.4 Å². The van der Waals surface area contributed by atoms with Crippen LogP contribution >= 0.6 is 0 Å². The van der Waals surface area contributed by atoms with Gasteiger partial charge >= 0.3 is 0 Å². The summed E-state index contributed by atoms with van der Waals surface area (Å²) in [7, 11) is 0. The van der Waals surface area contributed by atoms with Gasteiger partial charge in [-0.3, -0.25) is 24.6 Å². The molecule has 0 radical (unpaired) electrons. The number of nitrogens with zero attached hydrogens (tertiary/aromatic N) is 2. The van der Waals surface area contributed by atoms with Crippen molar-refractivity contribution in [3.05, 3.63) is 34.9 Å². The van der Waals surface area contributed by atoms with E-state index in [1.54, 1.807) is 4.90 Å². The van der Waals surface area contributed by atoms with E-state index in [2.05, 4.69) is 16.3 Å². The summed E-state index contributed by atoms with van der Waals surface area (Å²) >= 11 is 0. The van der Waals surface area contributed by atoms with Crippen LogP contribution in [0.1, 0.15) is 47.2 Å². The molecule has 1 aromatic carbocycles. The predicted octanol–water partition coefficient (Wildman–Crippen LogP) is 0.387. The van der Waals surface area contributed by atoms with Gasteiger partial charge in [-0.2, -0.15) is 0 Å². The second-order valence-electron chi connectivity index (χ2n) is 8.03. The zero-order valence-corrected chi connectivity index (χ0v) is 16.6. The lowest BCUT2D eigenvalue weighted by Gasteiger charge is -2.31. The summed E-state index contributed by atoms with van der Waals surface area (Å²) < 4.78 is 5.73. The molecule has 8 heteroatoms. The summed E-state index contributed by atoms with van der Waals surface area (Å²) in [5, 5.41) is 2.34. The highest BCUT2D eigenvalue weighted by Gasteiger charge is 2.39. The Morgan fingerprint density at radius 2 is 1.93 bits per heavy atom. The lowest BCUT2D eigenvalue weighted by Crippen LogP contribution is -2.52. The van der Waals surface area contributed by atoms with Crippen LogP contribution < -0.4 is 11.1 Å². The van der Waals surface area contributed by atoms with Gasteiger partial charge in [0.05, 0.1) is 12.7 Å². The summed E-state index contributed by atoms with van der Waals surface area (Å²) in [6.45, 7) is 4.30. The van der Waals surface area contributed by atoms with Gasteiger partial charge in [0.25, 0.3) is 5.91 Å². The van der Waals surface area contributed by atoms with Crippen molar-refractivity contribution in [2.75, 3.05) is 26.2 Å². The van der Waals surface area contributed by atoms with Gasteiger partial charge in [-0.1, -0.05) is 12.1 Å². The van der Waals surface area contributed by atoms with Crippen LogP contribution in [0, 0.1) is 0 Å². The van der Waals surface area contributed by atoms with Crippen molar-refractivity contribution in [1.29, 1.82) is 0 Å². The lowest BCUT2D eigenvalue weighted by molar-refractivity contribution is -0.136. The second kappa shape index (κ2) is 8.61. The molecule has 0 bridgehead atoms. The smallest absolute Gasteiger partial charge is 0.255 e. The largest absolute Gasteiger partial charge is 0.377 e. The zero-order valence-electron chi connectivity index (χ0n) is 16.6. The van der Waals surface area contributed by atoms with Crippen molar-refractivity contribution in [3.63, 3.8) is 0 Å². The number of nitrogens with two attached hydrogens (primary N) is 1. The standard InChI is InChI=1S/C21H28N4O4/c22-7-10-29-16-5-8-24(9-6-16)12-14-1-2-15-13-25(21(28)17(15)11-14)18-3-4-19(26)23-20(18)27/h1-2,11,16,18H,3-10,12-13,22H2,(H,23,26,27). The van der Waals surface area contributed by atoms with Crippen molar-refractivity contribution in [3.8, 4) is 0 Å². The van der Waals surface area contributed by atoms with Gasteiger partial charge in [0, 0.05) is 44.7 Å². The SMILES string of the molecule is NCCOC1CCN(Cc2ccc3c(c2)C(=O)N(C2CCC(=O)NC2=O)C3)CC1.